The first kappa shape index (κ1) is 15.7. The van der Waals surface area contributed by atoms with Gasteiger partial charge in [0.05, 0.1) is 0 Å². The van der Waals surface area contributed by atoms with Crippen molar-refractivity contribution in [1.29, 1.82) is 0 Å². The number of carboxylic acids is 1. The third kappa shape index (κ3) is 58.6. The Balaban J connectivity index is -0.0000000450. The maximum absolute atomic E-state index is 9.00. The predicted molar refractivity (Wildman–Crippen MR) is 21.9 cm³/mol. The summed E-state index contributed by atoms with van der Waals surface area (Å²) in [5, 5.41) is 7.42. The molecule has 4 heteroatoms. The second-order valence-corrected chi connectivity index (χ2v) is 0.519. The Labute approximate surface area is 76.2 Å². The number of aliphatic carboxylic acids is 1. The predicted octanol–water partition coefficient (Wildman–Crippen LogP) is -0.825. The molecule has 0 aromatic heterocycles. The van der Waals surface area contributed by atoms with Gasteiger partial charge in [0.25, 0.3) is 5.97 Å². The fourth-order valence-electron chi connectivity index (χ4n) is 0. The average molecular weight is 324 g/mol. The summed E-state index contributed by atoms with van der Waals surface area (Å²) in [6.07, 6.45) is 0. The zero-order valence-corrected chi connectivity index (χ0v) is 7.02. The molecule has 0 fully saturated rings. The van der Waals surface area contributed by atoms with Crippen molar-refractivity contribution >= 4 is 29.0 Å². The van der Waals surface area contributed by atoms with Crippen molar-refractivity contribution in [2.24, 2.45) is 0 Å². The van der Waals surface area contributed by atoms with Crippen LogP contribution in [0.4, 0.5) is 0 Å². The van der Waals surface area contributed by atoms with Crippen LogP contribution in [0.5, 0.6) is 0 Å². The molecule has 0 aromatic carbocycles. The molecule has 0 radical (unpaired) electrons. The van der Waals surface area contributed by atoms with Crippen LogP contribution in [0.1, 0.15) is 6.92 Å². The van der Waals surface area contributed by atoms with E-state index in [4.69, 9.17) is 9.90 Å². The molecule has 0 aliphatic heterocycles. The van der Waals surface area contributed by atoms with Gasteiger partial charge in [-0.1, -0.05) is 0 Å². The van der Waals surface area contributed by atoms with Crippen LogP contribution in [-0.4, -0.2) is 34.1 Å². The first-order valence-electron chi connectivity index (χ1n) is 0.928. The van der Waals surface area contributed by atoms with E-state index in [0.29, 0.717) is 0 Å². The van der Waals surface area contributed by atoms with Crippen molar-refractivity contribution in [3.63, 3.8) is 0 Å². The first-order valence-corrected chi connectivity index (χ1v) is 0.928. The van der Waals surface area contributed by atoms with Crippen LogP contribution in [0.3, 0.4) is 0 Å². The molecule has 0 spiro atoms. The van der Waals surface area contributed by atoms with Crippen LogP contribution in [0.2, 0.25) is 0 Å². The summed E-state index contributed by atoms with van der Waals surface area (Å²) in [5.41, 5.74) is 0. The van der Waals surface area contributed by atoms with Crippen molar-refractivity contribution in [3.8, 4) is 0 Å². The molecule has 0 bridgehead atoms. The number of carboxylic acid groups (broad SMARTS) is 1. The van der Waals surface area contributed by atoms with E-state index in [-0.39, 0.29) is 54.2 Å². The Bertz CT molecular complexity index is 34.5. The average Bonchev–Trinajstić information content (AvgIpc) is 0.811. The van der Waals surface area contributed by atoms with E-state index in [1.165, 1.54) is 0 Å². The summed E-state index contributed by atoms with van der Waals surface area (Å²) in [4.78, 5) is 9.00. The Morgan fingerprint density at radius 1 is 1.67 bits per heavy atom. The standard InChI is InChI=1S/C2H4O2.Mg.U.2H/c1-2(3)4;;;;/h1H3,(H,3,4);;;;. The summed E-state index contributed by atoms with van der Waals surface area (Å²) >= 11 is 0. The smallest absolute Gasteiger partial charge is 0.316 e. The summed E-state index contributed by atoms with van der Waals surface area (Å²) in [7, 11) is 0. The number of hydrogen-bond donors (Lipinski definition) is 1. The van der Waals surface area contributed by atoms with Gasteiger partial charge in [-0.05, 0) is 0 Å². The molecule has 2 nitrogen and oxygen atoms in total. The van der Waals surface area contributed by atoms with Crippen LogP contribution < -0.4 is 0 Å². The molecule has 0 aromatic rings. The molecule has 0 heterocycles. The molecule has 1 N–H and O–H groups in total. The van der Waals surface area contributed by atoms with Gasteiger partial charge < -0.3 is 5.11 Å². The molecule has 0 saturated carbocycles. The summed E-state index contributed by atoms with van der Waals surface area (Å²) < 4.78 is 0. The van der Waals surface area contributed by atoms with Gasteiger partial charge in [0.15, 0.2) is 0 Å². The number of carbonyl (C=O) groups is 1. The molecule has 6 heavy (non-hydrogen) atoms. The number of hydrogen-bond acceptors (Lipinski definition) is 1. The zero-order valence-electron chi connectivity index (χ0n) is 2.86. The summed E-state index contributed by atoms with van der Waals surface area (Å²) in [6.45, 7) is 1.08. The maximum Gasteiger partial charge on any atom is 0.316 e. The minimum atomic E-state index is -0.833. The quantitative estimate of drug-likeness (QED) is 0.591. The van der Waals surface area contributed by atoms with E-state index >= 15 is 0 Å². The Morgan fingerprint density at radius 2 is 1.67 bits per heavy atom. The van der Waals surface area contributed by atoms with Gasteiger partial charge in [-0.3, -0.25) is 4.79 Å². The largest absolute Gasteiger partial charge is 0.481 e. The third-order valence-electron chi connectivity index (χ3n) is 0. The Morgan fingerprint density at radius 3 is 1.67 bits per heavy atom. The van der Waals surface area contributed by atoms with Gasteiger partial charge in [-0.2, -0.15) is 0 Å². The molecular formula is C2H6MgO2U. The van der Waals surface area contributed by atoms with Crippen molar-refractivity contribution in [2.45, 2.75) is 6.92 Å². The van der Waals surface area contributed by atoms with E-state index in [9.17, 15) is 0 Å². The third-order valence-corrected chi connectivity index (χ3v) is 0. The number of rotatable bonds is 0. The molecule has 0 unspecified atom stereocenters. The maximum atomic E-state index is 9.00. The van der Waals surface area contributed by atoms with E-state index in [0.717, 1.165) is 6.92 Å². The van der Waals surface area contributed by atoms with Crippen molar-refractivity contribution in [3.05, 3.63) is 0 Å². The molecule has 0 rings (SSSR count). The van der Waals surface area contributed by atoms with Crippen molar-refractivity contribution in [2.75, 3.05) is 0 Å². The molecule has 0 aliphatic carbocycles. The van der Waals surface area contributed by atoms with Crippen molar-refractivity contribution in [1.82, 2.24) is 0 Å². The van der Waals surface area contributed by atoms with E-state index in [1.54, 1.807) is 0 Å². The van der Waals surface area contributed by atoms with Crippen LogP contribution >= 0.6 is 0 Å². The van der Waals surface area contributed by atoms with Gasteiger partial charge in [-0.25, -0.2) is 0 Å². The van der Waals surface area contributed by atoms with E-state index < -0.39 is 5.97 Å². The van der Waals surface area contributed by atoms with Crippen LogP contribution in [0, 0.1) is 31.1 Å². The van der Waals surface area contributed by atoms with Gasteiger partial charge in [0.1, 0.15) is 0 Å². The fraction of sp³-hybridized carbons (Fsp3) is 0.500. The van der Waals surface area contributed by atoms with Crippen LogP contribution in [0.15, 0.2) is 0 Å². The van der Waals surface area contributed by atoms with Gasteiger partial charge in [0, 0.05) is 38.0 Å². The fourth-order valence-corrected chi connectivity index (χ4v) is 0. The molecule has 0 aliphatic rings. The van der Waals surface area contributed by atoms with Gasteiger partial charge in [-0.15, -0.1) is 0 Å². The molecule has 0 saturated heterocycles. The topological polar surface area (TPSA) is 37.3 Å². The Hall–Kier alpha value is 1.29. The van der Waals surface area contributed by atoms with Crippen LogP contribution in [0.25, 0.3) is 0 Å². The van der Waals surface area contributed by atoms with Crippen molar-refractivity contribution < 1.29 is 41.0 Å². The first-order chi connectivity index (χ1) is 1.73. The minimum absolute atomic E-state index is 0. The normalized spacial score (nSPS) is 4.17. The van der Waals surface area contributed by atoms with Gasteiger partial charge in [0.2, 0.25) is 0 Å². The van der Waals surface area contributed by atoms with E-state index in [1.807, 2.05) is 0 Å². The minimum Gasteiger partial charge on any atom is -0.481 e. The second-order valence-electron chi connectivity index (χ2n) is 0.519. The SMILES string of the molecule is CC(=O)O.[MgH2].[U]. The summed E-state index contributed by atoms with van der Waals surface area (Å²) in [5.74, 6) is -0.833. The van der Waals surface area contributed by atoms with E-state index in [2.05, 4.69) is 0 Å². The molecule has 0 amide bonds. The molecular weight excluding hydrogens is 318 g/mol. The second kappa shape index (κ2) is 9.56. The van der Waals surface area contributed by atoms with Gasteiger partial charge >= 0.3 is 23.1 Å². The van der Waals surface area contributed by atoms with Crippen LogP contribution in [-0.2, 0) is 4.79 Å². The molecule has 32 valence electrons. The zero-order chi connectivity index (χ0) is 3.58. The summed E-state index contributed by atoms with van der Waals surface area (Å²) in [6, 6.07) is 0. The molecule has 0 atom stereocenters. The monoisotopic (exact) mass is 324 g/mol. The Kier molecular flexibility index (Phi) is 25.0.